The number of benzene rings is 1. The molecule has 0 radical (unpaired) electrons. The highest BCUT2D eigenvalue weighted by atomic mass is 16.2. The molecule has 4 N–H and O–H groups in total. The van der Waals surface area contributed by atoms with Crippen LogP contribution in [0.15, 0.2) is 18.2 Å². The van der Waals surface area contributed by atoms with Gasteiger partial charge in [-0.15, -0.1) is 0 Å². The lowest BCUT2D eigenvalue weighted by Gasteiger charge is -2.28. The summed E-state index contributed by atoms with van der Waals surface area (Å²) in [6.07, 6.45) is 2.62. The predicted octanol–water partition coefficient (Wildman–Crippen LogP) is 2.27. The summed E-state index contributed by atoms with van der Waals surface area (Å²) in [6, 6.07) is 5.58. The van der Waals surface area contributed by atoms with Gasteiger partial charge in [0.05, 0.1) is 5.41 Å². The van der Waals surface area contributed by atoms with Crippen molar-refractivity contribution in [2.24, 2.45) is 11.1 Å². The van der Waals surface area contributed by atoms with Crippen LogP contribution in [0.3, 0.4) is 0 Å². The Labute approximate surface area is 125 Å². The first kappa shape index (κ1) is 15.5. The van der Waals surface area contributed by atoms with E-state index in [0.717, 1.165) is 16.9 Å². The van der Waals surface area contributed by atoms with Gasteiger partial charge in [-0.1, -0.05) is 13.8 Å². The fourth-order valence-electron chi connectivity index (χ4n) is 2.68. The summed E-state index contributed by atoms with van der Waals surface area (Å²) in [5, 5.41) is 5.80. The topological polar surface area (TPSA) is 84.2 Å². The number of anilines is 2. The van der Waals surface area contributed by atoms with Gasteiger partial charge in [0.2, 0.25) is 11.8 Å². The molecule has 0 saturated heterocycles. The second-order valence-corrected chi connectivity index (χ2v) is 5.57. The van der Waals surface area contributed by atoms with Crippen molar-refractivity contribution in [3.8, 4) is 0 Å². The number of aryl methyl sites for hydroxylation is 1. The Balaban J connectivity index is 2.17. The van der Waals surface area contributed by atoms with Crippen LogP contribution in [-0.4, -0.2) is 18.4 Å². The van der Waals surface area contributed by atoms with Crippen LogP contribution >= 0.6 is 0 Å². The van der Waals surface area contributed by atoms with Crippen molar-refractivity contribution in [1.82, 2.24) is 0 Å². The van der Waals surface area contributed by atoms with E-state index in [1.54, 1.807) is 0 Å². The number of hydrogen-bond donors (Lipinski definition) is 3. The molecule has 21 heavy (non-hydrogen) atoms. The molecule has 0 unspecified atom stereocenters. The lowest BCUT2D eigenvalue weighted by molar-refractivity contribution is -0.125. The summed E-state index contributed by atoms with van der Waals surface area (Å²) in [5.74, 6) is 0.00759. The fourth-order valence-corrected chi connectivity index (χ4v) is 2.68. The van der Waals surface area contributed by atoms with Crippen molar-refractivity contribution >= 4 is 23.2 Å². The van der Waals surface area contributed by atoms with Crippen LogP contribution in [0.1, 0.15) is 38.7 Å². The first-order valence-electron chi connectivity index (χ1n) is 7.49. The minimum atomic E-state index is -0.510. The Bertz CT molecular complexity index is 542. The molecule has 0 aromatic heterocycles. The molecule has 1 aliphatic rings. The van der Waals surface area contributed by atoms with E-state index < -0.39 is 5.41 Å². The highest BCUT2D eigenvalue weighted by molar-refractivity contribution is 5.97. The zero-order chi connectivity index (χ0) is 15.5. The number of carbonyl (C=O) groups is 2. The summed E-state index contributed by atoms with van der Waals surface area (Å²) >= 11 is 0. The van der Waals surface area contributed by atoms with Crippen LogP contribution in [0.2, 0.25) is 0 Å². The highest BCUT2D eigenvalue weighted by Gasteiger charge is 2.33. The molecule has 1 aliphatic heterocycles. The Morgan fingerprint density at radius 2 is 2.05 bits per heavy atom. The van der Waals surface area contributed by atoms with Gasteiger partial charge in [-0.3, -0.25) is 9.59 Å². The van der Waals surface area contributed by atoms with Gasteiger partial charge in [0, 0.05) is 24.3 Å². The lowest BCUT2D eigenvalue weighted by Crippen LogP contribution is -2.41. The maximum Gasteiger partial charge on any atom is 0.231 e. The average Bonchev–Trinajstić information content (AvgIpc) is 2.50. The SMILES string of the molecule is CCC(CC)(CN)C(=O)Nc1ccc2c(c1)CCC(=O)N2. The van der Waals surface area contributed by atoms with Crippen LogP contribution in [0.4, 0.5) is 11.4 Å². The molecule has 0 aliphatic carbocycles. The molecule has 0 spiro atoms. The minimum Gasteiger partial charge on any atom is -0.329 e. The number of hydrogen-bond acceptors (Lipinski definition) is 3. The molecule has 1 heterocycles. The van der Waals surface area contributed by atoms with Crippen LogP contribution < -0.4 is 16.4 Å². The summed E-state index contributed by atoms with van der Waals surface area (Å²) in [4.78, 5) is 23.8. The first-order chi connectivity index (χ1) is 10.0. The third-order valence-corrected chi connectivity index (χ3v) is 4.48. The second kappa shape index (κ2) is 6.26. The maximum atomic E-state index is 12.5. The zero-order valence-electron chi connectivity index (χ0n) is 12.7. The van der Waals surface area contributed by atoms with Gasteiger partial charge in [0.15, 0.2) is 0 Å². The molecule has 5 nitrogen and oxygen atoms in total. The van der Waals surface area contributed by atoms with Gasteiger partial charge < -0.3 is 16.4 Å². The second-order valence-electron chi connectivity index (χ2n) is 5.57. The number of carbonyl (C=O) groups excluding carboxylic acids is 2. The van der Waals surface area contributed by atoms with E-state index in [0.29, 0.717) is 32.2 Å². The van der Waals surface area contributed by atoms with Crippen molar-refractivity contribution < 1.29 is 9.59 Å². The third kappa shape index (κ3) is 3.08. The highest BCUT2D eigenvalue weighted by Crippen LogP contribution is 2.29. The normalized spacial score (nSPS) is 14.3. The monoisotopic (exact) mass is 289 g/mol. The maximum absolute atomic E-state index is 12.5. The standard InChI is InChI=1S/C16H23N3O2/c1-3-16(4-2,10-17)15(21)18-12-6-7-13-11(9-12)5-8-14(20)19-13/h6-7,9H,3-5,8,10,17H2,1-2H3,(H,18,21)(H,19,20). The van der Waals surface area contributed by atoms with Gasteiger partial charge in [-0.25, -0.2) is 0 Å². The van der Waals surface area contributed by atoms with Crippen molar-refractivity contribution in [3.63, 3.8) is 0 Å². The zero-order valence-corrected chi connectivity index (χ0v) is 12.7. The summed E-state index contributed by atoms with van der Waals surface area (Å²) < 4.78 is 0. The Morgan fingerprint density at radius 1 is 1.33 bits per heavy atom. The molecule has 1 aromatic carbocycles. The first-order valence-corrected chi connectivity index (χ1v) is 7.49. The molecule has 2 rings (SSSR count). The fraction of sp³-hybridized carbons (Fsp3) is 0.500. The smallest absolute Gasteiger partial charge is 0.231 e. The average molecular weight is 289 g/mol. The molecule has 2 amide bonds. The van der Waals surface area contributed by atoms with Crippen molar-refractivity contribution in [1.29, 1.82) is 0 Å². The number of fused-ring (bicyclic) bond motifs is 1. The van der Waals surface area contributed by atoms with E-state index in [-0.39, 0.29) is 11.8 Å². The molecule has 1 aromatic rings. The molecule has 0 bridgehead atoms. The Hall–Kier alpha value is -1.88. The van der Waals surface area contributed by atoms with Gasteiger partial charge in [0.1, 0.15) is 0 Å². The third-order valence-electron chi connectivity index (χ3n) is 4.48. The molecule has 114 valence electrons. The van der Waals surface area contributed by atoms with E-state index in [2.05, 4.69) is 10.6 Å². The quantitative estimate of drug-likeness (QED) is 0.777. The summed E-state index contributed by atoms with van der Waals surface area (Å²) in [7, 11) is 0. The predicted molar refractivity (Wildman–Crippen MR) is 84.1 cm³/mol. The van der Waals surface area contributed by atoms with E-state index in [4.69, 9.17) is 5.73 Å². The van der Waals surface area contributed by atoms with Crippen molar-refractivity contribution in [3.05, 3.63) is 23.8 Å². The Morgan fingerprint density at radius 3 is 2.67 bits per heavy atom. The summed E-state index contributed by atoms with van der Waals surface area (Å²) in [5.41, 5.74) is 7.94. The van der Waals surface area contributed by atoms with E-state index in [1.165, 1.54) is 0 Å². The van der Waals surface area contributed by atoms with Gasteiger partial charge >= 0.3 is 0 Å². The number of amides is 2. The number of nitrogens with two attached hydrogens (primary N) is 1. The molecule has 0 fully saturated rings. The molecule has 0 atom stereocenters. The van der Waals surface area contributed by atoms with E-state index >= 15 is 0 Å². The molecular weight excluding hydrogens is 266 g/mol. The van der Waals surface area contributed by atoms with Crippen molar-refractivity contribution in [2.45, 2.75) is 39.5 Å². The largest absolute Gasteiger partial charge is 0.329 e. The van der Waals surface area contributed by atoms with Gasteiger partial charge in [0.25, 0.3) is 0 Å². The van der Waals surface area contributed by atoms with E-state index in [1.807, 2.05) is 32.0 Å². The van der Waals surface area contributed by atoms with Crippen LogP contribution in [-0.2, 0) is 16.0 Å². The minimum absolute atomic E-state index is 0.0326. The molecular formula is C16H23N3O2. The van der Waals surface area contributed by atoms with Crippen molar-refractivity contribution in [2.75, 3.05) is 17.2 Å². The Kier molecular flexibility index (Phi) is 4.63. The lowest BCUT2D eigenvalue weighted by atomic mass is 9.81. The van der Waals surface area contributed by atoms with Gasteiger partial charge in [-0.2, -0.15) is 0 Å². The van der Waals surface area contributed by atoms with Crippen LogP contribution in [0.25, 0.3) is 0 Å². The van der Waals surface area contributed by atoms with E-state index in [9.17, 15) is 9.59 Å². The summed E-state index contributed by atoms with van der Waals surface area (Å²) in [6.45, 7) is 4.31. The number of rotatable bonds is 5. The molecule has 5 heteroatoms. The number of nitrogens with one attached hydrogen (secondary N) is 2. The van der Waals surface area contributed by atoms with Crippen LogP contribution in [0, 0.1) is 5.41 Å². The van der Waals surface area contributed by atoms with Crippen LogP contribution in [0.5, 0.6) is 0 Å². The van der Waals surface area contributed by atoms with Gasteiger partial charge in [-0.05, 0) is 43.0 Å². The molecule has 0 saturated carbocycles.